The Balaban J connectivity index is 1.80. The van der Waals surface area contributed by atoms with E-state index in [9.17, 15) is 9.90 Å². The van der Waals surface area contributed by atoms with E-state index in [1.807, 2.05) is 6.92 Å². The smallest absolute Gasteiger partial charge is 0.330 e. The number of carbonyl (C=O) groups is 1. The van der Waals surface area contributed by atoms with Crippen molar-refractivity contribution < 1.29 is 14.6 Å². The zero-order chi connectivity index (χ0) is 12.9. The summed E-state index contributed by atoms with van der Waals surface area (Å²) < 4.78 is 5.54. The molecule has 3 heteroatoms. The summed E-state index contributed by atoms with van der Waals surface area (Å²) >= 11 is 0. The maximum Gasteiger partial charge on any atom is 0.330 e. The molecule has 4 aliphatic carbocycles. The van der Waals surface area contributed by atoms with Gasteiger partial charge >= 0.3 is 5.97 Å². The number of aliphatic hydroxyl groups excluding tert-OH is 1. The number of carbonyl (C=O) groups excluding carboxylic acids is 1. The van der Waals surface area contributed by atoms with Crippen LogP contribution in [0.4, 0.5) is 0 Å². The lowest BCUT2D eigenvalue weighted by atomic mass is 9.58. The van der Waals surface area contributed by atoms with Crippen molar-refractivity contribution in [2.24, 2.45) is 23.7 Å². The van der Waals surface area contributed by atoms with E-state index in [0.29, 0.717) is 18.3 Å². The maximum absolute atomic E-state index is 11.5. The van der Waals surface area contributed by atoms with E-state index in [4.69, 9.17) is 4.74 Å². The van der Waals surface area contributed by atoms with Gasteiger partial charge < -0.3 is 9.84 Å². The Kier molecular flexibility index (Phi) is 2.77. The van der Waals surface area contributed by atoms with Crippen LogP contribution in [0, 0.1) is 23.7 Å². The predicted octanol–water partition coefficient (Wildman–Crippen LogP) is 2.29. The Morgan fingerprint density at radius 1 is 1.33 bits per heavy atom. The van der Waals surface area contributed by atoms with Crippen LogP contribution in [-0.4, -0.2) is 22.8 Å². The zero-order valence-electron chi connectivity index (χ0n) is 11.0. The molecule has 6 atom stereocenters. The van der Waals surface area contributed by atoms with Gasteiger partial charge in [-0.1, -0.05) is 6.58 Å². The van der Waals surface area contributed by atoms with Gasteiger partial charge in [0.1, 0.15) is 5.60 Å². The largest absolute Gasteiger partial charge is 0.456 e. The number of ether oxygens (including phenoxy) is 1. The molecule has 0 spiro atoms. The number of esters is 1. The summed E-state index contributed by atoms with van der Waals surface area (Å²) in [6, 6.07) is 0. The fraction of sp³-hybridized carbons (Fsp3) is 0.800. The monoisotopic (exact) mass is 250 g/mol. The molecule has 4 aliphatic rings. The highest BCUT2D eigenvalue weighted by Crippen LogP contribution is 2.60. The quantitative estimate of drug-likeness (QED) is 0.604. The number of rotatable bonds is 2. The molecule has 0 aromatic rings. The van der Waals surface area contributed by atoms with E-state index >= 15 is 0 Å². The second kappa shape index (κ2) is 4.09. The molecule has 0 aromatic heterocycles. The summed E-state index contributed by atoms with van der Waals surface area (Å²) in [7, 11) is 0. The minimum absolute atomic E-state index is 0.316. The molecule has 0 radical (unpaired) electrons. The second-order valence-electron chi connectivity index (χ2n) is 6.62. The van der Waals surface area contributed by atoms with Crippen LogP contribution < -0.4 is 0 Å². The third-order valence-electron chi connectivity index (χ3n) is 5.46. The van der Waals surface area contributed by atoms with Gasteiger partial charge in [0.05, 0.1) is 6.10 Å². The van der Waals surface area contributed by atoms with Crippen LogP contribution in [-0.2, 0) is 9.53 Å². The number of aliphatic hydroxyl groups is 1. The van der Waals surface area contributed by atoms with Gasteiger partial charge in [-0.05, 0) is 56.3 Å². The van der Waals surface area contributed by atoms with Crippen molar-refractivity contribution in [3.8, 4) is 0 Å². The van der Waals surface area contributed by atoms with Crippen LogP contribution in [0.3, 0.4) is 0 Å². The van der Waals surface area contributed by atoms with Crippen molar-refractivity contribution >= 4 is 5.97 Å². The fourth-order valence-corrected chi connectivity index (χ4v) is 4.71. The van der Waals surface area contributed by atoms with Crippen molar-refractivity contribution in [2.75, 3.05) is 0 Å². The molecule has 4 saturated carbocycles. The maximum atomic E-state index is 11.5. The molecule has 6 unspecified atom stereocenters. The first kappa shape index (κ1) is 12.2. The van der Waals surface area contributed by atoms with E-state index in [1.54, 1.807) is 0 Å². The standard InChI is InChI=1S/C15H22O3/c1-3-14(17)18-15(2)7-9-6-12-10(9)4-5-11(12)13(16)8-15/h3,9-13,16H,1,4-8H2,2H3. The van der Waals surface area contributed by atoms with E-state index in [-0.39, 0.29) is 12.1 Å². The minimum atomic E-state index is -0.512. The molecule has 100 valence electrons. The lowest BCUT2D eigenvalue weighted by Gasteiger charge is -2.50. The molecule has 4 rings (SSSR count). The highest BCUT2D eigenvalue weighted by atomic mass is 16.6. The Bertz CT molecular complexity index is 374. The van der Waals surface area contributed by atoms with Crippen LogP contribution in [0.1, 0.15) is 39.0 Å². The molecular formula is C15H22O3. The molecule has 0 heterocycles. The van der Waals surface area contributed by atoms with Crippen LogP contribution in [0.25, 0.3) is 0 Å². The van der Waals surface area contributed by atoms with Gasteiger partial charge in [-0.3, -0.25) is 0 Å². The minimum Gasteiger partial charge on any atom is -0.456 e. The predicted molar refractivity (Wildman–Crippen MR) is 67.7 cm³/mol. The van der Waals surface area contributed by atoms with Crippen molar-refractivity contribution in [3.63, 3.8) is 0 Å². The van der Waals surface area contributed by atoms with Crippen LogP contribution in [0.15, 0.2) is 12.7 Å². The van der Waals surface area contributed by atoms with Gasteiger partial charge in [-0.2, -0.15) is 0 Å². The van der Waals surface area contributed by atoms with E-state index in [0.717, 1.165) is 24.7 Å². The van der Waals surface area contributed by atoms with Gasteiger partial charge in [-0.25, -0.2) is 4.79 Å². The SMILES string of the molecule is C=CC(=O)OC1(C)CC(O)C2CCC3C(CC23)C1. The van der Waals surface area contributed by atoms with E-state index in [2.05, 4.69) is 6.58 Å². The van der Waals surface area contributed by atoms with Gasteiger partial charge in [-0.15, -0.1) is 0 Å². The van der Waals surface area contributed by atoms with E-state index < -0.39 is 5.60 Å². The van der Waals surface area contributed by atoms with Crippen molar-refractivity contribution in [1.29, 1.82) is 0 Å². The highest BCUT2D eigenvalue weighted by Gasteiger charge is 2.56. The number of hydrogen-bond acceptors (Lipinski definition) is 3. The molecular weight excluding hydrogens is 228 g/mol. The summed E-state index contributed by atoms with van der Waals surface area (Å²) in [5.74, 6) is 2.27. The molecule has 18 heavy (non-hydrogen) atoms. The van der Waals surface area contributed by atoms with Crippen molar-refractivity contribution in [1.82, 2.24) is 0 Å². The Morgan fingerprint density at radius 2 is 2.06 bits per heavy atom. The lowest BCUT2D eigenvalue weighted by molar-refractivity contribution is -0.166. The molecule has 3 nitrogen and oxygen atoms in total. The Morgan fingerprint density at radius 3 is 2.78 bits per heavy atom. The number of fused-ring (bicyclic) bond motifs is 3. The van der Waals surface area contributed by atoms with Gasteiger partial charge in [0.25, 0.3) is 0 Å². The summed E-state index contributed by atoms with van der Waals surface area (Å²) in [6.45, 7) is 5.42. The highest BCUT2D eigenvalue weighted by molar-refractivity contribution is 5.81. The van der Waals surface area contributed by atoms with Crippen molar-refractivity contribution in [3.05, 3.63) is 12.7 Å². The summed E-state index contributed by atoms with van der Waals surface area (Å²) in [6.07, 6.45) is 6.00. The first-order valence-electron chi connectivity index (χ1n) is 7.06. The molecule has 1 N–H and O–H groups in total. The summed E-state index contributed by atoms with van der Waals surface area (Å²) in [5, 5.41) is 10.4. The van der Waals surface area contributed by atoms with Gasteiger partial charge in [0.15, 0.2) is 0 Å². The normalized spacial score (nSPS) is 49.8. The van der Waals surface area contributed by atoms with Crippen LogP contribution >= 0.6 is 0 Å². The van der Waals surface area contributed by atoms with Crippen molar-refractivity contribution in [2.45, 2.75) is 50.7 Å². The molecule has 4 bridgehead atoms. The van der Waals surface area contributed by atoms with E-state index in [1.165, 1.54) is 18.9 Å². The molecule has 0 amide bonds. The second-order valence-corrected chi connectivity index (χ2v) is 6.62. The topological polar surface area (TPSA) is 46.5 Å². The first-order valence-corrected chi connectivity index (χ1v) is 7.06. The number of hydrogen-bond donors (Lipinski definition) is 1. The Labute approximate surface area is 108 Å². The third kappa shape index (κ3) is 1.80. The molecule has 4 fully saturated rings. The molecule has 0 aliphatic heterocycles. The average molecular weight is 250 g/mol. The Hall–Kier alpha value is -0.830. The molecule has 0 saturated heterocycles. The summed E-state index contributed by atoms with van der Waals surface area (Å²) in [4.78, 5) is 11.5. The third-order valence-corrected chi connectivity index (χ3v) is 5.46. The summed E-state index contributed by atoms with van der Waals surface area (Å²) in [5.41, 5.74) is -0.512. The zero-order valence-corrected chi connectivity index (χ0v) is 11.0. The molecule has 0 aromatic carbocycles. The van der Waals surface area contributed by atoms with Gasteiger partial charge in [0, 0.05) is 12.5 Å². The lowest BCUT2D eigenvalue weighted by Crippen LogP contribution is -2.50. The fourth-order valence-electron chi connectivity index (χ4n) is 4.71. The van der Waals surface area contributed by atoms with Crippen LogP contribution in [0.2, 0.25) is 0 Å². The average Bonchev–Trinajstić information content (AvgIpc) is 2.63. The van der Waals surface area contributed by atoms with Gasteiger partial charge in [0.2, 0.25) is 0 Å². The van der Waals surface area contributed by atoms with Crippen LogP contribution in [0.5, 0.6) is 0 Å². The first-order chi connectivity index (χ1) is 8.52.